The number of aromatic carboxylic acids is 1. The number of fused-ring (bicyclic) bond motifs is 3. The molecular formula is C30H26Cl2FN3O4. The van der Waals surface area contributed by atoms with Gasteiger partial charge in [-0.1, -0.05) is 66.7 Å². The lowest BCUT2D eigenvalue weighted by Crippen LogP contribution is -2.60. The van der Waals surface area contributed by atoms with Crippen molar-refractivity contribution in [2.75, 3.05) is 10.6 Å². The molecule has 10 heteroatoms. The molecule has 2 heterocycles. The Morgan fingerprint density at radius 3 is 2.50 bits per heavy atom. The molecule has 0 bridgehead atoms. The van der Waals surface area contributed by atoms with Crippen LogP contribution in [-0.2, 0) is 15.0 Å². The van der Waals surface area contributed by atoms with Crippen LogP contribution in [0.5, 0.6) is 0 Å². The van der Waals surface area contributed by atoms with E-state index in [1.54, 1.807) is 36.4 Å². The van der Waals surface area contributed by atoms with Crippen molar-refractivity contribution in [3.63, 3.8) is 0 Å². The average Bonchev–Trinajstić information content (AvgIpc) is 3.38. The Morgan fingerprint density at radius 1 is 1.00 bits per heavy atom. The number of anilines is 2. The number of carboxylic acid groups (broad SMARTS) is 1. The average molecular weight is 582 g/mol. The van der Waals surface area contributed by atoms with Gasteiger partial charge in [-0.15, -0.1) is 0 Å². The quantitative estimate of drug-likeness (QED) is 0.297. The molecular weight excluding hydrogens is 556 g/mol. The fourth-order valence-electron chi connectivity index (χ4n) is 7.17. The van der Waals surface area contributed by atoms with E-state index in [0.29, 0.717) is 29.1 Å². The van der Waals surface area contributed by atoms with E-state index < -0.39 is 40.6 Å². The maximum Gasteiger partial charge on any atom is 0.335 e. The van der Waals surface area contributed by atoms with Crippen LogP contribution in [0.15, 0.2) is 60.7 Å². The summed E-state index contributed by atoms with van der Waals surface area (Å²) in [4.78, 5) is 39.9. The standard InChI is InChI=1S/C30H26Cl2FN3O4/c31-17-10-11-20-22(15-17)35-28(40)30(20)23(19-8-5-9-21(32)24(19)33)25(36-29(30)12-2-1-3-13-29)26(37)34-18-7-4-6-16(14-18)27(38)39/h4-11,14-15,23,25,36H,1-3,12-13H2,(H,34,37)(H,35,40)(H,38,39). The largest absolute Gasteiger partial charge is 0.478 e. The first kappa shape index (κ1) is 26.7. The summed E-state index contributed by atoms with van der Waals surface area (Å²) in [5, 5.41) is 19.1. The highest BCUT2D eigenvalue weighted by Gasteiger charge is 2.72. The van der Waals surface area contributed by atoms with Crippen molar-refractivity contribution in [1.82, 2.24) is 5.32 Å². The highest BCUT2D eigenvalue weighted by Crippen LogP contribution is 2.62. The molecule has 6 rings (SSSR count). The molecule has 2 amide bonds. The van der Waals surface area contributed by atoms with Gasteiger partial charge in [0.15, 0.2) is 0 Å². The van der Waals surface area contributed by atoms with E-state index in [1.165, 1.54) is 24.3 Å². The van der Waals surface area contributed by atoms with Crippen LogP contribution in [0.4, 0.5) is 15.8 Å². The highest BCUT2D eigenvalue weighted by molar-refractivity contribution is 6.31. The Labute approximate surface area is 240 Å². The monoisotopic (exact) mass is 581 g/mol. The van der Waals surface area contributed by atoms with Crippen LogP contribution < -0.4 is 16.0 Å². The van der Waals surface area contributed by atoms with Gasteiger partial charge < -0.3 is 15.7 Å². The van der Waals surface area contributed by atoms with Crippen LogP contribution in [0, 0.1) is 5.82 Å². The summed E-state index contributed by atoms with van der Waals surface area (Å²) in [5.74, 6) is -3.64. The van der Waals surface area contributed by atoms with Crippen molar-refractivity contribution in [2.24, 2.45) is 0 Å². The van der Waals surface area contributed by atoms with Gasteiger partial charge in [-0.3, -0.25) is 14.9 Å². The molecule has 2 spiro atoms. The summed E-state index contributed by atoms with van der Waals surface area (Å²) in [6, 6.07) is 14.6. The van der Waals surface area contributed by atoms with Gasteiger partial charge in [0, 0.05) is 27.9 Å². The number of carboxylic acids is 1. The van der Waals surface area contributed by atoms with Crippen molar-refractivity contribution in [3.8, 4) is 0 Å². The van der Waals surface area contributed by atoms with E-state index in [-0.39, 0.29) is 27.7 Å². The molecule has 1 saturated carbocycles. The van der Waals surface area contributed by atoms with Crippen LogP contribution in [0.2, 0.25) is 10.0 Å². The van der Waals surface area contributed by atoms with Crippen molar-refractivity contribution in [3.05, 3.63) is 93.2 Å². The van der Waals surface area contributed by atoms with E-state index in [1.807, 2.05) is 0 Å². The first-order valence-corrected chi connectivity index (χ1v) is 13.9. The molecule has 4 N–H and O–H groups in total. The number of amides is 2. The minimum atomic E-state index is -1.34. The number of rotatable bonds is 4. The maximum absolute atomic E-state index is 15.9. The number of halogens is 3. The van der Waals surface area contributed by atoms with Crippen molar-refractivity contribution in [1.29, 1.82) is 0 Å². The summed E-state index contributed by atoms with van der Waals surface area (Å²) < 4.78 is 15.9. The summed E-state index contributed by atoms with van der Waals surface area (Å²) in [6.07, 6.45) is 3.82. The number of nitrogens with one attached hydrogen (secondary N) is 3. The third-order valence-corrected chi connectivity index (χ3v) is 9.21. The molecule has 3 aliphatic rings. The van der Waals surface area contributed by atoms with Crippen LogP contribution in [0.1, 0.15) is 59.5 Å². The van der Waals surface area contributed by atoms with Gasteiger partial charge in [0.05, 0.1) is 16.6 Å². The fraction of sp³-hybridized carbons (Fsp3) is 0.300. The number of carbonyl (C=O) groups is 3. The first-order chi connectivity index (χ1) is 19.2. The number of hydrogen-bond acceptors (Lipinski definition) is 4. The Bertz CT molecular complexity index is 1560. The Morgan fingerprint density at radius 2 is 1.75 bits per heavy atom. The second-order valence-corrected chi connectivity index (χ2v) is 11.6. The van der Waals surface area contributed by atoms with Gasteiger partial charge in [-0.2, -0.15) is 0 Å². The molecule has 0 radical (unpaired) electrons. The number of carbonyl (C=O) groups excluding carboxylic acids is 2. The lowest BCUT2D eigenvalue weighted by atomic mass is 9.55. The predicted molar refractivity (Wildman–Crippen MR) is 151 cm³/mol. The third-order valence-electron chi connectivity index (χ3n) is 8.68. The van der Waals surface area contributed by atoms with Gasteiger partial charge in [-0.25, -0.2) is 9.18 Å². The zero-order chi connectivity index (χ0) is 28.2. The molecule has 3 atom stereocenters. The Hall–Kier alpha value is -3.46. The molecule has 3 aromatic carbocycles. The maximum atomic E-state index is 15.9. The summed E-state index contributed by atoms with van der Waals surface area (Å²) >= 11 is 12.6. The van der Waals surface area contributed by atoms with Gasteiger partial charge >= 0.3 is 5.97 Å². The first-order valence-electron chi connectivity index (χ1n) is 13.2. The fourth-order valence-corrected chi connectivity index (χ4v) is 7.52. The normalized spacial score (nSPS) is 24.6. The van der Waals surface area contributed by atoms with Crippen molar-refractivity contribution < 1.29 is 23.9 Å². The second-order valence-electron chi connectivity index (χ2n) is 10.7. The van der Waals surface area contributed by atoms with Crippen LogP contribution >= 0.6 is 23.2 Å². The second kappa shape index (κ2) is 9.87. The van der Waals surface area contributed by atoms with E-state index >= 15 is 4.39 Å². The lowest BCUT2D eigenvalue weighted by Gasteiger charge is -2.47. The molecule has 7 nitrogen and oxygen atoms in total. The Kier molecular flexibility index (Phi) is 6.60. The van der Waals surface area contributed by atoms with Crippen LogP contribution in [0.3, 0.4) is 0 Å². The predicted octanol–water partition coefficient (Wildman–Crippen LogP) is 6.12. The van der Waals surface area contributed by atoms with Crippen LogP contribution in [-0.4, -0.2) is 34.5 Å². The number of hydrogen-bond donors (Lipinski definition) is 4. The molecule has 1 saturated heterocycles. The highest BCUT2D eigenvalue weighted by atomic mass is 35.5. The smallest absolute Gasteiger partial charge is 0.335 e. The molecule has 206 valence electrons. The molecule has 0 aromatic heterocycles. The third kappa shape index (κ3) is 3.92. The molecule has 1 aliphatic carbocycles. The Balaban J connectivity index is 1.56. The van der Waals surface area contributed by atoms with Gasteiger partial charge in [-0.05, 0) is 60.4 Å². The van der Waals surface area contributed by atoms with Crippen LogP contribution in [0.25, 0.3) is 0 Å². The van der Waals surface area contributed by atoms with Gasteiger partial charge in [0.2, 0.25) is 11.8 Å². The summed E-state index contributed by atoms with van der Waals surface area (Å²) in [7, 11) is 0. The van der Waals surface area contributed by atoms with E-state index in [2.05, 4.69) is 16.0 Å². The molecule has 40 heavy (non-hydrogen) atoms. The van der Waals surface area contributed by atoms with Gasteiger partial charge in [0.25, 0.3) is 0 Å². The van der Waals surface area contributed by atoms with Crippen molar-refractivity contribution >= 4 is 52.4 Å². The van der Waals surface area contributed by atoms with E-state index in [9.17, 15) is 19.5 Å². The molecule has 3 aromatic rings. The zero-order valence-corrected chi connectivity index (χ0v) is 22.8. The molecule has 3 unspecified atom stereocenters. The minimum Gasteiger partial charge on any atom is -0.478 e. The topological polar surface area (TPSA) is 108 Å². The summed E-state index contributed by atoms with van der Waals surface area (Å²) in [5.41, 5.74) is -0.576. The summed E-state index contributed by atoms with van der Waals surface area (Å²) in [6.45, 7) is 0. The van der Waals surface area contributed by atoms with E-state index in [0.717, 1.165) is 19.3 Å². The minimum absolute atomic E-state index is 0.0100. The number of benzene rings is 3. The SMILES string of the molecule is O=C(O)c1cccc(NC(=O)C2NC3(CCCCC3)C3(C(=O)Nc4cc(Cl)ccc43)C2c2cccc(Cl)c2F)c1. The lowest BCUT2D eigenvalue weighted by molar-refractivity contribution is -0.124. The van der Waals surface area contributed by atoms with Gasteiger partial charge in [0.1, 0.15) is 11.2 Å². The molecule has 2 fully saturated rings. The van der Waals surface area contributed by atoms with E-state index in [4.69, 9.17) is 23.2 Å². The molecule has 2 aliphatic heterocycles. The van der Waals surface area contributed by atoms with Crippen molar-refractivity contribution in [2.45, 2.75) is 55.0 Å². The zero-order valence-electron chi connectivity index (χ0n) is 21.3.